The fourth-order valence-electron chi connectivity index (χ4n) is 2.51. The third-order valence-electron chi connectivity index (χ3n) is 3.94. The summed E-state index contributed by atoms with van der Waals surface area (Å²) in [4.78, 5) is 14.4. The summed E-state index contributed by atoms with van der Waals surface area (Å²) in [7, 11) is 0. The molecule has 1 heterocycles. The molecule has 1 aromatic carbocycles. The van der Waals surface area contributed by atoms with E-state index in [0.29, 0.717) is 18.0 Å². The highest BCUT2D eigenvalue weighted by atomic mass is 16.3. The van der Waals surface area contributed by atoms with E-state index in [9.17, 15) is 15.0 Å². The molecule has 1 aromatic rings. The Balaban J connectivity index is 1.82. The van der Waals surface area contributed by atoms with E-state index in [1.165, 1.54) is 18.2 Å². The zero-order valence-corrected chi connectivity index (χ0v) is 11.8. The number of piperidine rings is 1. The van der Waals surface area contributed by atoms with Gasteiger partial charge in [0.1, 0.15) is 0 Å². The number of carbonyl (C=O) groups excluding carboxylic acids is 1. The van der Waals surface area contributed by atoms with Gasteiger partial charge in [0, 0.05) is 12.1 Å². The molecule has 1 saturated heterocycles. The summed E-state index contributed by atoms with van der Waals surface area (Å²) in [6.45, 7) is 6.11. The van der Waals surface area contributed by atoms with Gasteiger partial charge in [-0.1, -0.05) is 6.92 Å². The molecular weight excluding hydrogens is 256 g/mol. The van der Waals surface area contributed by atoms with Gasteiger partial charge < -0.3 is 20.4 Å². The van der Waals surface area contributed by atoms with Gasteiger partial charge >= 0.3 is 0 Å². The van der Waals surface area contributed by atoms with Crippen molar-refractivity contribution < 1.29 is 15.0 Å². The monoisotopic (exact) mass is 278 g/mol. The number of hydrogen-bond donors (Lipinski definition) is 3. The molecule has 0 bridgehead atoms. The number of aromatic hydroxyl groups is 2. The first-order chi connectivity index (χ1) is 9.60. The molecule has 0 atom stereocenters. The molecule has 0 aliphatic carbocycles. The smallest absolute Gasteiger partial charge is 0.251 e. The maximum absolute atomic E-state index is 12.0. The Morgan fingerprint density at radius 3 is 2.60 bits per heavy atom. The van der Waals surface area contributed by atoms with Crippen LogP contribution in [0.2, 0.25) is 0 Å². The minimum atomic E-state index is -0.270. The van der Waals surface area contributed by atoms with E-state index in [1.807, 2.05) is 0 Å². The predicted molar refractivity (Wildman–Crippen MR) is 76.9 cm³/mol. The number of hydrogen-bond acceptors (Lipinski definition) is 4. The van der Waals surface area contributed by atoms with E-state index in [1.54, 1.807) is 0 Å². The molecule has 20 heavy (non-hydrogen) atoms. The number of amides is 1. The van der Waals surface area contributed by atoms with E-state index in [-0.39, 0.29) is 17.4 Å². The van der Waals surface area contributed by atoms with Crippen LogP contribution in [0.5, 0.6) is 11.5 Å². The molecule has 1 fully saturated rings. The van der Waals surface area contributed by atoms with Gasteiger partial charge in [0.25, 0.3) is 5.91 Å². The maximum Gasteiger partial charge on any atom is 0.251 e. The average Bonchev–Trinajstić information content (AvgIpc) is 2.48. The molecule has 0 spiro atoms. The minimum Gasteiger partial charge on any atom is -0.504 e. The Bertz CT molecular complexity index is 468. The predicted octanol–water partition coefficient (Wildman–Crippen LogP) is 1.56. The summed E-state index contributed by atoms with van der Waals surface area (Å²) < 4.78 is 0. The summed E-state index contributed by atoms with van der Waals surface area (Å²) in [5.74, 6) is -0.173. The van der Waals surface area contributed by atoms with Gasteiger partial charge in [0.15, 0.2) is 11.5 Å². The van der Waals surface area contributed by atoms with Crippen LogP contribution in [0.1, 0.15) is 30.1 Å². The average molecular weight is 278 g/mol. The second-order valence-electron chi connectivity index (χ2n) is 5.29. The molecule has 0 aromatic heterocycles. The molecule has 0 radical (unpaired) electrons. The molecular formula is C15H22N2O3. The first kappa shape index (κ1) is 14.7. The molecule has 110 valence electrons. The van der Waals surface area contributed by atoms with Gasteiger partial charge in [-0.05, 0) is 56.6 Å². The van der Waals surface area contributed by atoms with Crippen LogP contribution < -0.4 is 5.32 Å². The summed E-state index contributed by atoms with van der Waals surface area (Å²) in [5.41, 5.74) is 0.367. The third kappa shape index (κ3) is 3.63. The van der Waals surface area contributed by atoms with E-state index in [2.05, 4.69) is 17.1 Å². The van der Waals surface area contributed by atoms with Crippen molar-refractivity contribution in [3.63, 3.8) is 0 Å². The fourth-order valence-corrected chi connectivity index (χ4v) is 2.51. The number of phenolic OH excluding ortho intramolecular Hbond substituents is 2. The lowest BCUT2D eigenvalue weighted by Gasteiger charge is -2.31. The largest absolute Gasteiger partial charge is 0.504 e. The summed E-state index contributed by atoms with van der Waals surface area (Å²) >= 11 is 0. The molecule has 1 amide bonds. The highest BCUT2D eigenvalue weighted by molar-refractivity contribution is 5.94. The van der Waals surface area contributed by atoms with Gasteiger partial charge in [-0.15, -0.1) is 0 Å². The first-order valence-electron chi connectivity index (χ1n) is 7.12. The minimum absolute atomic E-state index is 0.210. The number of rotatable bonds is 4. The topological polar surface area (TPSA) is 72.8 Å². The third-order valence-corrected chi connectivity index (χ3v) is 3.94. The fraction of sp³-hybridized carbons (Fsp3) is 0.533. The molecule has 1 aliphatic rings. The number of phenols is 2. The quantitative estimate of drug-likeness (QED) is 0.731. The highest BCUT2D eigenvalue weighted by Crippen LogP contribution is 2.24. The molecule has 5 heteroatoms. The molecule has 5 nitrogen and oxygen atoms in total. The van der Waals surface area contributed by atoms with Crippen LogP contribution in [0, 0.1) is 5.92 Å². The van der Waals surface area contributed by atoms with Gasteiger partial charge in [-0.2, -0.15) is 0 Å². The highest BCUT2D eigenvalue weighted by Gasteiger charge is 2.19. The Morgan fingerprint density at radius 2 is 2.00 bits per heavy atom. The van der Waals surface area contributed by atoms with Crippen LogP contribution in [0.15, 0.2) is 18.2 Å². The van der Waals surface area contributed by atoms with Crippen LogP contribution in [0.3, 0.4) is 0 Å². The van der Waals surface area contributed by atoms with Gasteiger partial charge in [0.05, 0.1) is 0 Å². The van der Waals surface area contributed by atoms with Crippen LogP contribution in [-0.4, -0.2) is 47.2 Å². The van der Waals surface area contributed by atoms with Crippen LogP contribution in [0.4, 0.5) is 0 Å². The summed E-state index contributed by atoms with van der Waals surface area (Å²) in [6, 6.07) is 4.11. The van der Waals surface area contributed by atoms with E-state index < -0.39 is 0 Å². The summed E-state index contributed by atoms with van der Waals surface area (Å²) in [6.07, 6.45) is 2.21. The normalized spacial score (nSPS) is 17.1. The molecule has 3 N–H and O–H groups in total. The number of carbonyl (C=O) groups is 1. The lowest BCUT2D eigenvalue weighted by Crippen LogP contribution is -2.38. The molecule has 0 unspecified atom stereocenters. The lowest BCUT2D eigenvalue weighted by atomic mass is 9.97. The Kier molecular flexibility index (Phi) is 4.84. The Hall–Kier alpha value is -1.75. The van der Waals surface area contributed by atoms with E-state index >= 15 is 0 Å². The first-order valence-corrected chi connectivity index (χ1v) is 7.12. The number of likely N-dealkylation sites (tertiary alicyclic amines) is 1. The van der Waals surface area contributed by atoms with Crippen molar-refractivity contribution in [3.05, 3.63) is 23.8 Å². The van der Waals surface area contributed by atoms with Crippen molar-refractivity contribution in [2.24, 2.45) is 5.92 Å². The maximum atomic E-state index is 12.0. The van der Waals surface area contributed by atoms with Crippen molar-refractivity contribution in [3.8, 4) is 11.5 Å². The van der Waals surface area contributed by atoms with Crippen molar-refractivity contribution >= 4 is 5.91 Å². The van der Waals surface area contributed by atoms with Crippen molar-refractivity contribution in [1.29, 1.82) is 0 Å². The van der Waals surface area contributed by atoms with Crippen molar-refractivity contribution in [1.82, 2.24) is 10.2 Å². The second-order valence-corrected chi connectivity index (χ2v) is 5.29. The molecule has 1 aliphatic heterocycles. The zero-order chi connectivity index (χ0) is 14.5. The lowest BCUT2D eigenvalue weighted by molar-refractivity contribution is 0.0936. The van der Waals surface area contributed by atoms with Gasteiger partial charge in [-0.3, -0.25) is 4.79 Å². The Labute approximate surface area is 119 Å². The summed E-state index contributed by atoms with van der Waals surface area (Å²) in [5, 5.41) is 21.5. The number of nitrogens with zero attached hydrogens (tertiary/aromatic N) is 1. The molecule has 0 saturated carbocycles. The van der Waals surface area contributed by atoms with Crippen molar-refractivity contribution in [2.75, 3.05) is 26.2 Å². The van der Waals surface area contributed by atoms with Gasteiger partial charge in [-0.25, -0.2) is 0 Å². The number of nitrogens with one attached hydrogen (secondary N) is 1. The number of benzene rings is 1. The zero-order valence-electron chi connectivity index (χ0n) is 11.8. The SMILES string of the molecule is CCN1CCC(CNC(=O)c2ccc(O)c(O)c2)CC1. The second kappa shape index (κ2) is 6.61. The van der Waals surface area contributed by atoms with Crippen molar-refractivity contribution in [2.45, 2.75) is 19.8 Å². The van der Waals surface area contributed by atoms with E-state index in [4.69, 9.17) is 0 Å². The van der Waals surface area contributed by atoms with Crippen LogP contribution in [-0.2, 0) is 0 Å². The Morgan fingerprint density at radius 1 is 1.30 bits per heavy atom. The van der Waals surface area contributed by atoms with Crippen LogP contribution in [0.25, 0.3) is 0 Å². The molecule has 2 rings (SSSR count). The van der Waals surface area contributed by atoms with E-state index in [0.717, 1.165) is 32.5 Å². The van der Waals surface area contributed by atoms with Crippen LogP contribution >= 0.6 is 0 Å². The standard InChI is InChI=1S/C15H22N2O3/c1-2-17-7-5-11(6-8-17)10-16-15(20)12-3-4-13(18)14(19)9-12/h3-4,9,11,18-19H,2,5-8,10H2,1H3,(H,16,20). The van der Waals surface area contributed by atoms with Gasteiger partial charge in [0.2, 0.25) is 0 Å².